The van der Waals surface area contributed by atoms with Crippen molar-refractivity contribution in [2.45, 2.75) is 51.6 Å². The lowest BCUT2D eigenvalue weighted by atomic mass is 9.97. The normalized spacial score (nSPS) is 18.1. The van der Waals surface area contributed by atoms with Crippen molar-refractivity contribution < 1.29 is 13.6 Å². The van der Waals surface area contributed by atoms with Crippen LogP contribution < -0.4 is 0 Å². The number of nitrogens with zero attached hydrogens (tertiary/aromatic N) is 2. The zero-order chi connectivity index (χ0) is 20.5. The Kier molecular flexibility index (Phi) is 5.68. The van der Waals surface area contributed by atoms with Gasteiger partial charge >= 0.3 is 0 Å². The Morgan fingerprint density at radius 2 is 1.66 bits per heavy atom. The van der Waals surface area contributed by atoms with Gasteiger partial charge in [0.15, 0.2) is 0 Å². The largest absolute Gasteiger partial charge is 0.333 e. The number of hydrogen-bond acceptors (Lipinski definition) is 2. The first-order chi connectivity index (χ1) is 14.0. The molecule has 0 spiro atoms. The first-order valence-electron chi connectivity index (χ1n) is 10.6. The quantitative estimate of drug-likeness (QED) is 0.705. The minimum atomic E-state index is -0.442. The van der Waals surface area contributed by atoms with Crippen LogP contribution in [0.5, 0.6) is 0 Å². The number of carbonyl (C=O) groups is 1. The van der Waals surface area contributed by atoms with Gasteiger partial charge in [-0.25, -0.2) is 8.78 Å². The fourth-order valence-electron chi connectivity index (χ4n) is 4.44. The molecule has 1 saturated carbocycles. The van der Waals surface area contributed by atoms with Gasteiger partial charge in [0.05, 0.1) is 0 Å². The van der Waals surface area contributed by atoms with Crippen molar-refractivity contribution in [1.29, 1.82) is 0 Å². The molecule has 1 aliphatic heterocycles. The molecular weight excluding hydrogens is 370 g/mol. The van der Waals surface area contributed by atoms with Gasteiger partial charge in [0.1, 0.15) is 11.6 Å². The molecule has 3 nitrogen and oxygen atoms in total. The predicted molar refractivity (Wildman–Crippen MR) is 111 cm³/mol. The van der Waals surface area contributed by atoms with Crippen LogP contribution in [0.15, 0.2) is 36.4 Å². The van der Waals surface area contributed by atoms with Gasteiger partial charge in [0.25, 0.3) is 5.91 Å². The van der Waals surface area contributed by atoms with E-state index in [9.17, 15) is 13.6 Å². The van der Waals surface area contributed by atoms with Gasteiger partial charge in [-0.3, -0.25) is 4.79 Å². The smallest absolute Gasteiger partial charge is 0.254 e. The summed E-state index contributed by atoms with van der Waals surface area (Å²) in [4.78, 5) is 17.7. The highest BCUT2D eigenvalue weighted by Gasteiger charge is 2.39. The maximum atomic E-state index is 14.9. The Morgan fingerprint density at radius 1 is 1.00 bits per heavy atom. The Bertz CT molecular complexity index is 902. The minimum absolute atomic E-state index is 0.0660. The number of hydrogen-bond donors (Lipinski definition) is 0. The standard InChI is InChI=1S/C24H28F2N2O/c1-3-27-12-10-20(11-13-27)28(19-6-7-19)24(29)17-4-8-22(23(26)15-17)21-9-5-18(25)14-16(21)2/h4-5,8-9,14-15,19-20H,3,6-7,10-13H2,1-2H3. The third kappa shape index (κ3) is 4.20. The molecule has 2 aromatic rings. The summed E-state index contributed by atoms with van der Waals surface area (Å²) in [5.74, 6) is -0.849. The highest BCUT2D eigenvalue weighted by Crippen LogP contribution is 2.34. The van der Waals surface area contributed by atoms with E-state index in [2.05, 4.69) is 11.8 Å². The van der Waals surface area contributed by atoms with Crippen molar-refractivity contribution in [1.82, 2.24) is 9.80 Å². The predicted octanol–water partition coefficient (Wildman–Crippen LogP) is 5.03. The monoisotopic (exact) mass is 398 g/mol. The van der Waals surface area contributed by atoms with E-state index in [-0.39, 0.29) is 17.8 Å². The van der Waals surface area contributed by atoms with Crippen molar-refractivity contribution in [3.8, 4) is 11.1 Å². The van der Waals surface area contributed by atoms with E-state index >= 15 is 0 Å². The summed E-state index contributed by atoms with van der Waals surface area (Å²) in [7, 11) is 0. The molecule has 2 aromatic carbocycles. The molecule has 4 rings (SSSR count). The molecule has 1 aliphatic carbocycles. The van der Waals surface area contributed by atoms with E-state index in [4.69, 9.17) is 0 Å². The minimum Gasteiger partial charge on any atom is -0.333 e. The third-order valence-electron chi connectivity index (χ3n) is 6.27. The first-order valence-corrected chi connectivity index (χ1v) is 10.6. The van der Waals surface area contributed by atoms with Crippen molar-refractivity contribution >= 4 is 5.91 Å². The van der Waals surface area contributed by atoms with E-state index in [0.717, 1.165) is 45.3 Å². The molecule has 29 heavy (non-hydrogen) atoms. The topological polar surface area (TPSA) is 23.6 Å². The van der Waals surface area contributed by atoms with Crippen LogP contribution in [0, 0.1) is 18.6 Å². The first kappa shape index (κ1) is 20.0. The molecule has 0 atom stereocenters. The molecule has 1 amide bonds. The van der Waals surface area contributed by atoms with E-state index < -0.39 is 5.82 Å². The lowest BCUT2D eigenvalue weighted by molar-refractivity contribution is 0.0554. The summed E-state index contributed by atoms with van der Waals surface area (Å²) in [6.07, 6.45) is 4.03. The molecule has 0 aromatic heterocycles. The molecule has 1 heterocycles. The Hall–Kier alpha value is -2.27. The van der Waals surface area contributed by atoms with Crippen LogP contribution in [0.4, 0.5) is 8.78 Å². The molecule has 2 fully saturated rings. The van der Waals surface area contributed by atoms with Crippen LogP contribution in [0.25, 0.3) is 11.1 Å². The van der Waals surface area contributed by atoms with Crippen molar-refractivity contribution in [2.24, 2.45) is 0 Å². The zero-order valence-electron chi connectivity index (χ0n) is 17.1. The van der Waals surface area contributed by atoms with E-state index in [1.807, 2.05) is 4.90 Å². The summed E-state index contributed by atoms with van der Waals surface area (Å²) in [5.41, 5.74) is 2.11. The average Bonchev–Trinajstić information content (AvgIpc) is 3.54. The van der Waals surface area contributed by atoms with Crippen LogP contribution in [0.3, 0.4) is 0 Å². The van der Waals surface area contributed by atoms with Gasteiger partial charge in [0.2, 0.25) is 0 Å². The second kappa shape index (κ2) is 8.23. The van der Waals surface area contributed by atoms with Crippen LogP contribution in [-0.2, 0) is 0 Å². The van der Waals surface area contributed by atoms with Gasteiger partial charge in [-0.15, -0.1) is 0 Å². The number of amides is 1. The fraction of sp³-hybridized carbons (Fsp3) is 0.458. The van der Waals surface area contributed by atoms with Gasteiger partial charge in [0, 0.05) is 36.3 Å². The Balaban J connectivity index is 1.57. The summed E-state index contributed by atoms with van der Waals surface area (Å²) in [6, 6.07) is 9.54. The number of aryl methyl sites for hydroxylation is 1. The molecule has 0 N–H and O–H groups in total. The van der Waals surface area contributed by atoms with Crippen LogP contribution >= 0.6 is 0 Å². The summed E-state index contributed by atoms with van der Waals surface area (Å²) in [6.45, 7) is 6.98. The number of benzene rings is 2. The fourth-order valence-corrected chi connectivity index (χ4v) is 4.44. The van der Waals surface area contributed by atoms with Gasteiger partial charge in [-0.2, -0.15) is 0 Å². The van der Waals surface area contributed by atoms with E-state index in [1.54, 1.807) is 25.1 Å². The van der Waals surface area contributed by atoms with Crippen molar-refractivity contribution in [3.05, 3.63) is 59.2 Å². The second-order valence-corrected chi connectivity index (χ2v) is 8.26. The Morgan fingerprint density at radius 3 is 2.24 bits per heavy atom. The molecule has 0 unspecified atom stereocenters. The maximum Gasteiger partial charge on any atom is 0.254 e. The van der Waals surface area contributed by atoms with Gasteiger partial charge < -0.3 is 9.80 Å². The second-order valence-electron chi connectivity index (χ2n) is 8.26. The zero-order valence-corrected chi connectivity index (χ0v) is 17.1. The summed E-state index contributed by atoms with van der Waals surface area (Å²) >= 11 is 0. The molecule has 5 heteroatoms. The number of piperidine rings is 1. The lowest BCUT2D eigenvalue weighted by Crippen LogP contribution is -2.48. The number of rotatable bonds is 5. The van der Waals surface area contributed by atoms with Gasteiger partial charge in [-0.05, 0) is 74.5 Å². The third-order valence-corrected chi connectivity index (χ3v) is 6.27. The average molecular weight is 398 g/mol. The van der Waals surface area contributed by atoms with Crippen LogP contribution in [-0.4, -0.2) is 47.4 Å². The number of carbonyl (C=O) groups excluding carboxylic acids is 1. The highest BCUT2D eigenvalue weighted by molar-refractivity contribution is 5.95. The molecule has 1 saturated heterocycles. The Labute approximate surface area is 171 Å². The molecule has 0 radical (unpaired) electrons. The van der Waals surface area contributed by atoms with E-state index in [0.29, 0.717) is 28.3 Å². The van der Waals surface area contributed by atoms with Gasteiger partial charge in [-0.1, -0.05) is 19.1 Å². The maximum absolute atomic E-state index is 14.9. The highest BCUT2D eigenvalue weighted by atomic mass is 19.1. The molecule has 2 aliphatic rings. The lowest BCUT2D eigenvalue weighted by Gasteiger charge is -2.38. The van der Waals surface area contributed by atoms with Crippen molar-refractivity contribution in [2.75, 3.05) is 19.6 Å². The number of likely N-dealkylation sites (tertiary alicyclic amines) is 1. The van der Waals surface area contributed by atoms with E-state index in [1.165, 1.54) is 18.2 Å². The SMILES string of the molecule is CCN1CCC(N(C(=O)c2ccc(-c3ccc(F)cc3C)c(F)c2)C2CC2)CC1. The number of halogens is 2. The molecular formula is C24H28F2N2O. The van der Waals surface area contributed by atoms with Crippen molar-refractivity contribution in [3.63, 3.8) is 0 Å². The molecule has 154 valence electrons. The summed E-state index contributed by atoms with van der Waals surface area (Å²) in [5, 5.41) is 0. The summed E-state index contributed by atoms with van der Waals surface area (Å²) < 4.78 is 28.3. The van der Waals surface area contributed by atoms with Crippen LogP contribution in [0.1, 0.15) is 48.5 Å². The van der Waals surface area contributed by atoms with Crippen LogP contribution in [0.2, 0.25) is 0 Å². The molecule has 0 bridgehead atoms.